The van der Waals surface area contributed by atoms with Gasteiger partial charge in [-0.25, -0.2) is 4.98 Å². The molecule has 3 nitrogen and oxygen atoms in total. The molecule has 6 heteroatoms. The quantitative estimate of drug-likeness (QED) is 0.739. The molecule has 0 radical (unpaired) electrons. The second kappa shape index (κ2) is 4.39. The van der Waals surface area contributed by atoms with E-state index in [1.807, 2.05) is 18.2 Å². The Bertz CT molecular complexity index is 774. The second-order valence-corrected chi connectivity index (χ2v) is 5.64. The van der Waals surface area contributed by atoms with Gasteiger partial charge in [-0.05, 0) is 29.8 Å². The third kappa shape index (κ3) is 2.03. The number of aromatic amines is 1. The Balaban J connectivity index is 2.25. The summed E-state index contributed by atoms with van der Waals surface area (Å²) >= 11 is 13.3. The van der Waals surface area contributed by atoms with Gasteiger partial charge in [0.05, 0.1) is 11.8 Å². The molecule has 0 fully saturated rings. The van der Waals surface area contributed by atoms with Crippen molar-refractivity contribution in [3.8, 4) is 10.4 Å². The van der Waals surface area contributed by atoms with Crippen LogP contribution in [0.2, 0.25) is 10.0 Å². The number of hydrogen-bond acceptors (Lipinski definition) is 3. The van der Waals surface area contributed by atoms with E-state index in [4.69, 9.17) is 23.2 Å². The predicted molar refractivity (Wildman–Crippen MR) is 75.7 cm³/mol. The van der Waals surface area contributed by atoms with E-state index in [0.717, 1.165) is 10.4 Å². The lowest BCUT2D eigenvalue weighted by atomic mass is 10.2. The summed E-state index contributed by atoms with van der Waals surface area (Å²) in [4.78, 5) is 19.2. The Hall–Kier alpha value is -1.36. The third-order valence-corrected chi connectivity index (χ3v) is 4.07. The minimum absolute atomic E-state index is 0.135. The van der Waals surface area contributed by atoms with Crippen LogP contribution in [0.3, 0.4) is 0 Å². The summed E-state index contributed by atoms with van der Waals surface area (Å²) < 4.78 is 0.601. The number of H-pyrrole nitrogens is 1. The van der Waals surface area contributed by atoms with Crippen LogP contribution >= 0.6 is 34.5 Å². The highest BCUT2D eigenvalue weighted by molar-refractivity contribution is 7.22. The lowest BCUT2D eigenvalue weighted by molar-refractivity contribution is 1.18. The number of fused-ring (bicyclic) bond motifs is 1. The topological polar surface area (TPSA) is 45.8 Å². The average Bonchev–Trinajstić information content (AvgIpc) is 2.73. The fourth-order valence-electron chi connectivity index (χ4n) is 1.70. The number of aromatic nitrogens is 2. The standard InChI is InChI=1S/C12H6Cl2N2OS/c13-7-1-6(2-8(14)3-7)10-4-9-11(18-10)12(17)16-5-15-9/h1-5H,(H,15,16,17). The molecule has 1 aromatic carbocycles. The SMILES string of the molecule is O=c1[nH]cnc2cc(-c3cc(Cl)cc(Cl)c3)sc12. The smallest absolute Gasteiger partial charge is 0.268 e. The summed E-state index contributed by atoms with van der Waals surface area (Å²) in [6.07, 6.45) is 1.39. The van der Waals surface area contributed by atoms with Crippen LogP contribution in [0.25, 0.3) is 20.7 Å². The molecule has 0 aliphatic heterocycles. The van der Waals surface area contributed by atoms with Gasteiger partial charge < -0.3 is 4.98 Å². The van der Waals surface area contributed by atoms with Crippen LogP contribution in [0.4, 0.5) is 0 Å². The van der Waals surface area contributed by atoms with Crippen LogP contribution in [0.5, 0.6) is 0 Å². The number of benzene rings is 1. The molecule has 0 aliphatic rings. The van der Waals surface area contributed by atoms with Gasteiger partial charge in [0.25, 0.3) is 5.56 Å². The first-order chi connectivity index (χ1) is 8.63. The minimum Gasteiger partial charge on any atom is -0.312 e. The van der Waals surface area contributed by atoms with E-state index in [1.54, 1.807) is 6.07 Å². The van der Waals surface area contributed by atoms with E-state index in [1.165, 1.54) is 17.7 Å². The van der Waals surface area contributed by atoms with E-state index in [9.17, 15) is 4.79 Å². The van der Waals surface area contributed by atoms with E-state index in [-0.39, 0.29) is 5.56 Å². The van der Waals surface area contributed by atoms with Gasteiger partial charge in [0.15, 0.2) is 0 Å². The molecule has 3 rings (SSSR count). The molecule has 0 saturated carbocycles. The molecule has 0 saturated heterocycles. The number of hydrogen-bond donors (Lipinski definition) is 1. The van der Waals surface area contributed by atoms with Gasteiger partial charge in [-0.15, -0.1) is 11.3 Å². The van der Waals surface area contributed by atoms with Gasteiger partial charge in [0.1, 0.15) is 4.70 Å². The maximum Gasteiger partial charge on any atom is 0.268 e. The van der Waals surface area contributed by atoms with Crippen molar-refractivity contribution in [2.75, 3.05) is 0 Å². The number of halogens is 2. The number of rotatable bonds is 1. The Labute approximate surface area is 116 Å². The lowest BCUT2D eigenvalue weighted by Crippen LogP contribution is -2.02. The first kappa shape index (κ1) is 11.7. The maximum absolute atomic E-state index is 11.6. The van der Waals surface area contributed by atoms with Crippen molar-refractivity contribution < 1.29 is 0 Å². The largest absolute Gasteiger partial charge is 0.312 e. The van der Waals surface area contributed by atoms with E-state index < -0.39 is 0 Å². The van der Waals surface area contributed by atoms with Crippen LogP contribution in [-0.4, -0.2) is 9.97 Å². The fraction of sp³-hybridized carbons (Fsp3) is 0. The zero-order valence-electron chi connectivity index (χ0n) is 8.91. The Morgan fingerprint density at radius 2 is 1.83 bits per heavy atom. The molecule has 0 bridgehead atoms. The normalized spacial score (nSPS) is 11.0. The van der Waals surface area contributed by atoms with Gasteiger partial charge >= 0.3 is 0 Å². The molecule has 90 valence electrons. The number of nitrogens with zero attached hydrogens (tertiary/aromatic N) is 1. The molecular weight excluding hydrogens is 291 g/mol. The zero-order valence-corrected chi connectivity index (χ0v) is 11.2. The van der Waals surface area contributed by atoms with Crippen molar-refractivity contribution in [2.45, 2.75) is 0 Å². The summed E-state index contributed by atoms with van der Waals surface area (Å²) in [6.45, 7) is 0. The summed E-state index contributed by atoms with van der Waals surface area (Å²) in [7, 11) is 0. The molecule has 0 atom stereocenters. The maximum atomic E-state index is 11.6. The number of thiophene rings is 1. The van der Waals surface area contributed by atoms with Crippen molar-refractivity contribution in [3.05, 3.63) is 51.0 Å². The summed E-state index contributed by atoms with van der Waals surface area (Å²) in [6, 6.07) is 7.15. The minimum atomic E-state index is -0.135. The van der Waals surface area contributed by atoms with Crippen LogP contribution in [-0.2, 0) is 0 Å². The van der Waals surface area contributed by atoms with Gasteiger partial charge in [0.2, 0.25) is 0 Å². The highest BCUT2D eigenvalue weighted by atomic mass is 35.5. The van der Waals surface area contributed by atoms with Crippen molar-refractivity contribution in [2.24, 2.45) is 0 Å². The monoisotopic (exact) mass is 296 g/mol. The molecule has 3 aromatic rings. The van der Waals surface area contributed by atoms with Crippen LogP contribution in [0.15, 0.2) is 35.4 Å². The van der Waals surface area contributed by atoms with Crippen molar-refractivity contribution in [1.29, 1.82) is 0 Å². The van der Waals surface area contributed by atoms with E-state index in [0.29, 0.717) is 20.3 Å². The van der Waals surface area contributed by atoms with Crippen LogP contribution in [0, 0.1) is 0 Å². The Morgan fingerprint density at radius 1 is 1.11 bits per heavy atom. The van der Waals surface area contributed by atoms with Crippen molar-refractivity contribution in [3.63, 3.8) is 0 Å². The average molecular weight is 297 g/mol. The third-order valence-electron chi connectivity index (χ3n) is 2.47. The Morgan fingerprint density at radius 3 is 2.50 bits per heavy atom. The van der Waals surface area contributed by atoms with Gasteiger partial charge in [-0.3, -0.25) is 4.79 Å². The molecule has 0 aliphatic carbocycles. The molecule has 2 heterocycles. The van der Waals surface area contributed by atoms with E-state index in [2.05, 4.69) is 9.97 Å². The summed E-state index contributed by atoms with van der Waals surface area (Å²) in [5.41, 5.74) is 1.43. The van der Waals surface area contributed by atoms with Crippen molar-refractivity contribution in [1.82, 2.24) is 9.97 Å². The van der Waals surface area contributed by atoms with Crippen LogP contribution < -0.4 is 5.56 Å². The Kier molecular flexibility index (Phi) is 2.86. The predicted octanol–water partition coefficient (Wildman–Crippen LogP) is 3.96. The molecular formula is C12H6Cl2N2OS. The fourth-order valence-corrected chi connectivity index (χ4v) is 3.22. The highest BCUT2D eigenvalue weighted by Crippen LogP contribution is 2.33. The molecule has 1 N–H and O–H groups in total. The first-order valence-corrected chi connectivity index (χ1v) is 6.64. The van der Waals surface area contributed by atoms with Gasteiger partial charge in [-0.1, -0.05) is 23.2 Å². The summed E-state index contributed by atoms with van der Waals surface area (Å²) in [5.74, 6) is 0. The highest BCUT2D eigenvalue weighted by Gasteiger charge is 2.09. The lowest BCUT2D eigenvalue weighted by Gasteiger charge is -1.99. The van der Waals surface area contributed by atoms with Crippen molar-refractivity contribution >= 4 is 44.8 Å². The molecule has 0 spiro atoms. The summed E-state index contributed by atoms with van der Waals surface area (Å²) in [5, 5.41) is 1.13. The molecule has 0 amide bonds. The zero-order chi connectivity index (χ0) is 12.7. The molecule has 2 aromatic heterocycles. The molecule has 0 unspecified atom stereocenters. The van der Waals surface area contributed by atoms with Crippen LogP contribution in [0.1, 0.15) is 0 Å². The second-order valence-electron chi connectivity index (χ2n) is 3.71. The van der Waals surface area contributed by atoms with E-state index >= 15 is 0 Å². The van der Waals surface area contributed by atoms with Gasteiger partial charge in [0, 0.05) is 14.9 Å². The molecule has 18 heavy (non-hydrogen) atoms. The number of nitrogens with one attached hydrogen (secondary N) is 1. The van der Waals surface area contributed by atoms with Gasteiger partial charge in [-0.2, -0.15) is 0 Å². The first-order valence-electron chi connectivity index (χ1n) is 5.07.